The summed E-state index contributed by atoms with van der Waals surface area (Å²) in [6.07, 6.45) is -5.88. The number of anilines is 1. The van der Waals surface area contributed by atoms with Crippen LogP contribution in [0.2, 0.25) is 0 Å². The van der Waals surface area contributed by atoms with Crippen molar-refractivity contribution >= 4 is 41.1 Å². The van der Waals surface area contributed by atoms with Crippen molar-refractivity contribution in [3.63, 3.8) is 0 Å². The standard InChI is InChI=1S/C20H18F3NO4S2/c1-12(17(25)24-15-6-8-16(9-7-15)28-20(21,22)23)27-18(26)13-2-4-14(5-3-13)19-29-10-11-30-19/h2-9,12,19H,10-11H2,1H3,(H,24,25). The number of hydrogen-bond acceptors (Lipinski definition) is 6. The Labute approximate surface area is 179 Å². The van der Waals surface area contributed by atoms with Crippen LogP contribution in [0, 0.1) is 0 Å². The van der Waals surface area contributed by atoms with Crippen molar-refractivity contribution in [3.05, 3.63) is 59.7 Å². The number of alkyl halides is 3. The van der Waals surface area contributed by atoms with Crippen LogP contribution in [0.1, 0.15) is 27.4 Å². The molecule has 5 nitrogen and oxygen atoms in total. The molecular formula is C20H18F3NO4S2. The zero-order valence-corrected chi connectivity index (χ0v) is 17.4. The minimum Gasteiger partial charge on any atom is -0.449 e. The van der Waals surface area contributed by atoms with E-state index < -0.39 is 30.1 Å². The maximum atomic E-state index is 12.3. The lowest BCUT2D eigenvalue weighted by Crippen LogP contribution is -2.30. The lowest BCUT2D eigenvalue weighted by atomic mass is 10.1. The summed E-state index contributed by atoms with van der Waals surface area (Å²) in [4.78, 5) is 24.5. The topological polar surface area (TPSA) is 64.6 Å². The van der Waals surface area contributed by atoms with E-state index >= 15 is 0 Å². The Kier molecular flexibility index (Phi) is 7.19. The van der Waals surface area contributed by atoms with Gasteiger partial charge >= 0.3 is 12.3 Å². The minimum absolute atomic E-state index is 0.244. The quantitative estimate of drug-likeness (QED) is 0.598. The lowest BCUT2D eigenvalue weighted by Gasteiger charge is -2.15. The molecule has 1 N–H and O–H groups in total. The van der Waals surface area contributed by atoms with Crippen molar-refractivity contribution in [1.82, 2.24) is 0 Å². The molecule has 1 atom stereocenters. The van der Waals surface area contributed by atoms with Gasteiger partial charge in [-0.3, -0.25) is 4.79 Å². The van der Waals surface area contributed by atoms with Gasteiger partial charge in [0, 0.05) is 17.2 Å². The number of ether oxygens (including phenoxy) is 2. The van der Waals surface area contributed by atoms with E-state index in [1.165, 1.54) is 19.1 Å². The van der Waals surface area contributed by atoms with Crippen molar-refractivity contribution in [2.75, 3.05) is 16.8 Å². The molecule has 1 unspecified atom stereocenters. The number of halogens is 3. The molecular weight excluding hydrogens is 439 g/mol. The summed E-state index contributed by atoms with van der Waals surface area (Å²) < 4.78 is 45.9. The highest BCUT2D eigenvalue weighted by Crippen LogP contribution is 2.45. The summed E-state index contributed by atoms with van der Waals surface area (Å²) in [5.74, 6) is 0.555. The van der Waals surface area contributed by atoms with Crippen LogP contribution in [0.25, 0.3) is 0 Å². The predicted octanol–water partition coefficient (Wildman–Crippen LogP) is 5.25. The average molecular weight is 457 g/mol. The van der Waals surface area contributed by atoms with Gasteiger partial charge in [-0.1, -0.05) is 12.1 Å². The number of carbonyl (C=O) groups is 2. The third-order valence-electron chi connectivity index (χ3n) is 4.05. The molecule has 0 spiro atoms. The fourth-order valence-corrected chi connectivity index (χ4v) is 5.45. The van der Waals surface area contributed by atoms with Crippen LogP contribution in [-0.2, 0) is 9.53 Å². The molecule has 0 radical (unpaired) electrons. The Balaban J connectivity index is 1.52. The molecule has 30 heavy (non-hydrogen) atoms. The molecule has 2 aromatic rings. The first-order valence-electron chi connectivity index (χ1n) is 8.92. The second-order valence-electron chi connectivity index (χ2n) is 6.30. The molecule has 160 valence electrons. The molecule has 3 rings (SSSR count). The van der Waals surface area contributed by atoms with Crippen LogP contribution in [0.4, 0.5) is 18.9 Å². The molecule has 0 bridgehead atoms. The zero-order valence-electron chi connectivity index (χ0n) is 15.8. The van der Waals surface area contributed by atoms with Crippen molar-refractivity contribution < 1.29 is 32.2 Å². The molecule has 0 saturated carbocycles. The van der Waals surface area contributed by atoms with Crippen molar-refractivity contribution in [1.29, 1.82) is 0 Å². The maximum Gasteiger partial charge on any atom is 0.573 e. The van der Waals surface area contributed by atoms with Gasteiger partial charge in [-0.15, -0.1) is 36.7 Å². The van der Waals surface area contributed by atoms with Crippen LogP contribution in [-0.4, -0.2) is 35.8 Å². The summed E-state index contributed by atoms with van der Waals surface area (Å²) >= 11 is 3.72. The summed E-state index contributed by atoms with van der Waals surface area (Å²) in [6, 6.07) is 11.7. The van der Waals surface area contributed by atoms with E-state index in [1.807, 2.05) is 35.7 Å². The Bertz CT molecular complexity index is 882. The maximum absolute atomic E-state index is 12.3. The third kappa shape index (κ3) is 6.33. The van der Waals surface area contributed by atoms with Gasteiger partial charge in [0.2, 0.25) is 0 Å². The first-order valence-corrected chi connectivity index (χ1v) is 11.0. The molecule has 0 aromatic heterocycles. The Morgan fingerprint density at radius 2 is 1.63 bits per heavy atom. The van der Waals surface area contributed by atoms with Gasteiger partial charge in [0.1, 0.15) is 5.75 Å². The Hall–Kier alpha value is -2.33. The summed E-state index contributed by atoms with van der Waals surface area (Å²) in [6.45, 7) is 1.41. The van der Waals surface area contributed by atoms with E-state index in [1.54, 1.807) is 12.1 Å². The van der Waals surface area contributed by atoms with E-state index in [4.69, 9.17) is 4.74 Å². The average Bonchev–Trinajstić information content (AvgIpc) is 3.23. The van der Waals surface area contributed by atoms with E-state index in [-0.39, 0.29) is 5.69 Å². The predicted molar refractivity (Wildman–Crippen MR) is 111 cm³/mol. The van der Waals surface area contributed by atoms with Crippen molar-refractivity contribution in [3.8, 4) is 5.75 Å². The minimum atomic E-state index is -4.79. The van der Waals surface area contributed by atoms with Crippen LogP contribution in [0.5, 0.6) is 5.75 Å². The zero-order chi connectivity index (χ0) is 21.7. The molecule has 1 heterocycles. The highest BCUT2D eigenvalue weighted by Gasteiger charge is 2.31. The van der Waals surface area contributed by atoms with Crippen LogP contribution < -0.4 is 10.1 Å². The van der Waals surface area contributed by atoms with Gasteiger partial charge in [0.25, 0.3) is 5.91 Å². The van der Waals surface area contributed by atoms with Crippen molar-refractivity contribution in [2.24, 2.45) is 0 Å². The van der Waals surface area contributed by atoms with Crippen LogP contribution >= 0.6 is 23.5 Å². The van der Waals surface area contributed by atoms with E-state index in [9.17, 15) is 22.8 Å². The lowest BCUT2D eigenvalue weighted by molar-refractivity contribution is -0.274. The normalized spacial score (nSPS) is 15.5. The van der Waals surface area contributed by atoms with Gasteiger partial charge < -0.3 is 14.8 Å². The van der Waals surface area contributed by atoms with E-state index in [0.717, 1.165) is 29.2 Å². The second-order valence-corrected chi connectivity index (χ2v) is 9.03. The fourth-order valence-electron chi connectivity index (χ4n) is 2.59. The summed E-state index contributed by atoms with van der Waals surface area (Å²) in [5.41, 5.74) is 1.70. The molecule has 1 aliphatic heterocycles. The number of amides is 1. The highest BCUT2D eigenvalue weighted by molar-refractivity contribution is 8.19. The van der Waals surface area contributed by atoms with E-state index in [0.29, 0.717) is 10.1 Å². The third-order valence-corrected chi connectivity index (χ3v) is 7.15. The number of carbonyl (C=O) groups excluding carboxylic acids is 2. The number of thioether (sulfide) groups is 2. The first kappa shape index (κ1) is 22.4. The smallest absolute Gasteiger partial charge is 0.449 e. The first-order chi connectivity index (χ1) is 14.2. The molecule has 0 aliphatic carbocycles. The SMILES string of the molecule is CC(OC(=O)c1ccc(C2SCCS2)cc1)C(=O)Nc1ccc(OC(F)(F)F)cc1. The highest BCUT2D eigenvalue weighted by atomic mass is 32.2. The molecule has 1 aliphatic rings. The van der Waals surface area contributed by atoms with Gasteiger partial charge in [0.15, 0.2) is 6.10 Å². The Morgan fingerprint density at radius 3 is 2.20 bits per heavy atom. The van der Waals surface area contributed by atoms with Gasteiger partial charge in [-0.05, 0) is 48.9 Å². The monoisotopic (exact) mass is 457 g/mol. The van der Waals surface area contributed by atoms with Gasteiger partial charge in [-0.25, -0.2) is 4.79 Å². The summed E-state index contributed by atoms with van der Waals surface area (Å²) in [5, 5.41) is 2.48. The van der Waals surface area contributed by atoms with E-state index in [2.05, 4.69) is 10.1 Å². The van der Waals surface area contributed by atoms with Gasteiger partial charge in [-0.2, -0.15) is 0 Å². The number of rotatable bonds is 6. The molecule has 1 saturated heterocycles. The number of hydrogen-bond donors (Lipinski definition) is 1. The van der Waals surface area contributed by atoms with Crippen LogP contribution in [0.15, 0.2) is 48.5 Å². The van der Waals surface area contributed by atoms with Gasteiger partial charge in [0.05, 0.1) is 10.1 Å². The number of benzene rings is 2. The largest absolute Gasteiger partial charge is 0.573 e. The Morgan fingerprint density at radius 1 is 1.03 bits per heavy atom. The molecule has 2 aromatic carbocycles. The molecule has 1 amide bonds. The molecule has 1 fully saturated rings. The molecule has 10 heteroatoms. The van der Waals surface area contributed by atoms with Crippen molar-refractivity contribution in [2.45, 2.75) is 24.0 Å². The second kappa shape index (κ2) is 9.65. The number of esters is 1. The fraction of sp³-hybridized carbons (Fsp3) is 0.300. The van der Waals surface area contributed by atoms with Crippen LogP contribution in [0.3, 0.4) is 0 Å². The number of nitrogens with one attached hydrogen (secondary N) is 1. The summed E-state index contributed by atoms with van der Waals surface area (Å²) in [7, 11) is 0.